The molecule has 42 heavy (non-hydrogen) atoms. The van der Waals surface area contributed by atoms with Crippen molar-refractivity contribution in [1.29, 1.82) is 0 Å². The summed E-state index contributed by atoms with van der Waals surface area (Å²) in [6, 6.07) is 6.08. The van der Waals surface area contributed by atoms with Gasteiger partial charge in [-0.2, -0.15) is 0 Å². The number of carbonyl (C=O) groups is 4. The fourth-order valence-corrected chi connectivity index (χ4v) is 6.66. The minimum Gasteiger partial charge on any atom is -0.462 e. The van der Waals surface area contributed by atoms with Gasteiger partial charge in [0.25, 0.3) is 5.91 Å². The molecular weight excluding hydrogens is 538 g/mol. The van der Waals surface area contributed by atoms with Gasteiger partial charge in [0.15, 0.2) is 0 Å². The van der Waals surface area contributed by atoms with Crippen LogP contribution >= 0.6 is 0 Å². The summed E-state index contributed by atoms with van der Waals surface area (Å²) >= 11 is 0. The van der Waals surface area contributed by atoms with Gasteiger partial charge in [-0.3, -0.25) is 14.4 Å². The average Bonchev–Trinajstić information content (AvgIpc) is 3.27. The van der Waals surface area contributed by atoms with Crippen molar-refractivity contribution in [3.63, 3.8) is 0 Å². The Balaban J connectivity index is 0.000000498. The van der Waals surface area contributed by atoms with Gasteiger partial charge >= 0.3 is 11.9 Å². The van der Waals surface area contributed by atoms with E-state index in [-0.39, 0.29) is 42.5 Å². The predicted octanol–water partition coefficient (Wildman–Crippen LogP) is 6.85. The third-order valence-corrected chi connectivity index (χ3v) is 8.49. The van der Waals surface area contributed by atoms with Gasteiger partial charge in [-0.1, -0.05) is 40.7 Å². The number of ether oxygens (including phenoxy) is 2. The van der Waals surface area contributed by atoms with Crippen molar-refractivity contribution in [3.8, 4) is 5.75 Å². The molecule has 1 aromatic rings. The molecule has 0 aliphatic heterocycles. The minimum atomic E-state index is -0.807. The number of rotatable bonds is 7. The van der Waals surface area contributed by atoms with E-state index in [4.69, 9.17) is 4.74 Å². The minimum absolute atomic E-state index is 0.00441. The smallest absolute Gasteiger partial charge is 0.311 e. The van der Waals surface area contributed by atoms with E-state index in [1.807, 2.05) is 39.8 Å². The molecule has 4 rings (SSSR count). The number of nitroso groups, excluding NO2 is 1. The second-order valence-electron chi connectivity index (χ2n) is 11.2. The van der Waals surface area contributed by atoms with E-state index in [1.165, 1.54) is 31.9 Å². The normalized spacial score (nSPS) is 25.5. The number of aryl methyl sites for hydroxylation is 1. The number of amides is 1. The molecule has 3 aliphatic rings. The maximum absolute atomic E-state index is 11.9. The van der Waals surface area contributed by atoms with E-state index < -0.39 is 18.0 Å². The van der Waals surface area contributed by atoms with Gasteiger partial charge in [0, 0.05) is 18.5 Å². The molecule has 6 atom stereocenters. The lowest BCUT2D eigenvalue weighted by molar-refractivity contribution is -0.146. The van der Waals surface area contributed by atoms with Gasteiger partial charge in [0.2, 0.25) is 0 Å². The molecule has 2 fully saturated rings. The van der Waals surface area contributed by atoms with Gasteiger partial charge < -0.3 is 19.4 Å². The Labute approximate surface area is 251 Å². The molecule has 9 nitrogen and oxygen atoms in total. The summed E-state index contributed by atoms with van der Waals surface area (Å²) in [5.74, 6) is 0.838. The first kappa shape index (κ1) is 37.1. The van der Waals surface area contributed by atoms with Crippen molar-refractivity contribution in [2.24, 2.45) is 22.4 Å². The van der Waals surface area contributed by atoms with Crippen LogP contribution in [0.5, 0.6) is 5.75 Å². The quantitative estimate of drug-likeness (QED) is 0.207. The number of hydrogen-bond acceptors (Lipinski definition) is 8. The van der Waals surface area contributed by atoms with Crippen LogP contribution in [-0.4, -0.2) is 40.9 Å². The maximum Gasteiger partial charge on any atom is 0.311 e. The van der Waals surface area contributed by atoms with Crippen LogP contribution < -0.4 is 4.74 Å². The molecule has 1 aromatic carbocycles. The first-order chi connectivity index (χ1) is 19.9. The molecule has 6 unspecified atom stereocenters. The number of carbonyl (C=O) groups excluding carboxylic acids is 4. The number of fused-ring (bicyclic) bond motifs is 5. The SMILES string of the molecule is CC.CC.CC(=O)CCC(=O)Oc1ccc2c(c1)CCC1C2CCC2(C)C(O)CCC12.CC(=O)OC(C)CC(=O)N=O. The molecule has 1 N–H and O–H groups in total. The number of aliphatic hydroxyl groups excluding tert-OH is 1. The van der Waals surface area contributed by atoms with E-state index in [0.29, 0.717) is 23.5 Å². The van der Waals surface area contributed by atoms with Gasteiger partial charge in [0.1, 0.15) is 17.6 Å². The first-order valence-electron chi connectivity index (χ1n) is 15.5. The largest absolute Gasteiger partial charge is 0.462 e. The van der Waals surface area contributed by atoms with Crippen molar-refractivity contribution in [3.05, 3.63) is 34.2 Å². The summed E-state index contributed by atoms with van der Waals surface area (Å²) in [7, 11) is 0. The lowest BCUT2D eigenvalue weighted by Gasteiger charge is -2.50. The fourth-order valence-electron chi connectivity index (χ4n) is 6.66. The molecule has 9 heteroatoms. The van der Waals surface area contributed by atoms with Crippen LogP contribution in [0.15, 0.2) is 23.4 Å². The van der Waals surface area contributed by atoms with Crippen LogP contribution in [0.25, 0.3) is 0 Å². The highest BCUT2D eigenvalue weighted by atomic mass is 16.5. The second-order valence-corrected chi connectivity index (χ2v) is 11.2. The number of aliphatic hydroxyl groups is 1. The van der Waals surface area contributed by atoms with E-state index in [0.717, 1.165) is 38.5 Å². The first-order valence-corrected chi connectivity index (χ1v) is 15.5. The standard InChI is InChI=1S/C23H30O4.C6H9NO4.2C2H6/c1-14(24)3-10-22(26)27-16-5-7-17-15(13-16)4-6-19-18(17)11-12-23(2)20(19)8-9-21(23)25;1-4(11-5(2)8)3-6(9)7-10;2*1-2/h5,7,13,18-21,25H,3-4,6,8-12H2,1-2H3;4H,3H2,1-2H3;2*1-2H3. The molecule has 2 saturated carbocycles. The summed E-state index contributed by atoms with van der Waals surface area (Å²) in [5.41, 5.74) is 2.82. The summed E-state index contributed by atoms with van der Waals surface area (Å²) in [6.07, 6.45) is 6.03. The van der Waals surface area contributed by atoms with Crippen LogP contribution in [0, 0.1) is 22.2 Å². The number of nitrogens with zero attached hydrogens (tertiary/aromatic N) is 1. The van der Waals surface area contributed by atoms with Crippen molar-refractivity contribution >= 4 is 23.6 Å². The Bertz CT molecular complexity index is 1070. The highest BCUT2D eigenvalue weighted by Gasteiger charge is 2.54. The molecule has 1 amide bonds. The van der Waals surface area contributed by atoms with Crippen LogP contribution in [0.1, 0.15) is 124 Å². The van der Waals surface area contributed by atoms with Crippen LogP contribution in [-0.2, 0) is 30.3 Å². The van der Waals surface area contributed by atoms with Gasteiger partial charge in [0.05, 0.1) is 18.9 Å². The number of benzene rings is 1. The average molecular weight is 590 g/mol. The molecule has 0 aromatic heterocycles. The Hall–Kier alpha value is -2.94. The van der Waals surface area contributed by atoms with E-state index in [2.05, 4.69) is 22.9 Å². The molecule has 0 spiro atoms. The molecule has 0 radical (unpaired) electrons. The maximum atomic E-state index is 11.9. The van der Waals surface area contributed by atoms with E-state index in [1.54, 1.807) is 0 Å². The van der Waals surface area contributed by atoms with Crippen molar-refractivity contribution in [2.75, 3.05) is 0 Å². The lowest BCUT2D eigenvalue weighted by atomic mass is 9.55. The van der Waals surface area contributed by atoms with Crippen molar-refractivity contribution < 1.29 is 33.8 Å². The van der Waals surface area contributed by atoms with E-state index in [9.17, 15) is 29.2 Å². The molecule has 236 valence electrons. The lowest BCUT2D eigenvalue weighted by Crippen LogP contribution is -2.43. The molecule has 0 heterocycles. The molecule has 0 saturated heterocycles. The zero-order chi connectivity index (χ0) is 32.0. The summed E-state index contributed by atoms with van der Waals surface area (Å²) in [5, 5.41) is 12.7. The molecule has 3 aliphatic carbocycles. The molecule has 0 bridgehead atoms. The van der Waals surface area contributed by atoms with E-state index >= 15 is 0 Å². The third-order valence-electron chi connectivity index (χ3n) is 8.49. The fraction of sp³-hybridized carbons (Fsp3) is 0.697. The number of Topliss-reactive ketones (excluding diaryl/α,β-unsaturated/α-hetero) is 1. The number of ketones is 1. The Morgan fingerprint density at radius 3 is 2.29 bits per heavy atom. The van der Waals surface area contributed by atoms with Gasteiger partial charge in [-0.15, -0.1) is 4.91 Å². The zero-order valence-electron chi connectivity index (χ0n) is 26.7. The summed E-state index contributed by atoms with van der Waals surface area (Å²) < 4.78 is 10.0. The summed E-state index contributed by atoms with van der Waals surface area (Å²) in [4.78, 5) is 53.1. The molecular formula is C33H51NO8. The van der Waals surface area contributed by atoms with Crippen molar-refractivity contribution in [1.82, 2.24) is 0 Å². The highest BCUT2D eigenvalue weighted by Crippen LogP contribution is 2.60. The Kier molecular flexibility index (Phi) is 15.8. The number of esters is 2. The number of hydrogen-bond donors (Lipinski definition) is 1. The van der Waals surface area contributed by atoms with Crippen LogP contribution in [0.4, 0.5) is 0 Å². The van der Waals surface area contributed by atoms with Crippen LogP contribution in [0.3, 0.4) is 0 Å². The topological polar surface area (TPSA) is 136 Å². The van der Waals surface area contributed by atoms with Gasteiger partial charge in [-0.25, -0.2) is 0 Å². The third kappa shape index (κ3) is 10.1. The summed E-state index contributed by atoms with van der Waals surface area (Å²) in [6.45, 7) is 14.5. The predicted molar refractivity (Wildman–Crippen MR) is 162 cm³/mol. The highest BCUT2D eigenvalue weighted by molar-refractivity contribution is 5.81. The van der Waals surface area contributed by atoms with Crippen LogP contribution in [0.2, 0.25) is 0 Å². The Morgan fingerprint density at radius 2 is 1.69 bits per heavy atom. The monoisotopic (exact) mass is 589 g/mol. The second kappa shape index (κ2) is 17.9. The van der Waals surface area contributed by atoms with Crippen molar-refractivity contribution in [2.45, 2.75) is 131 Å². The zero-order valence-corrected chi connectivity index (χ0v) is 26.7. The van der Waals surface area contributed by atoms with Gasteiger partial charge in [-0.05, 0) is 98.8 Å². The Morgan fingerprint density at radius 1 is 1.02 bits per heavy atom.